The van der Waals surface area contributed by atoms with Crippen LogP contribution in [0.3, 0.4) is 0 Å². The molecular weight excluding hydrogens is 312 g/mol. The number of anilines is 1. The van der Waals surface area contributed by atoms with E-state index in [-0.39, 0.29) is 6.09 Å². The number of rotatable bonds is 4. The van der Waals surface area contributed by atoms with Gasteiger partial charge >= 0.3 is 6.09 Å². The molecule has 0 saturated carbocycles. The summed E-state index contributed by atoms with van der Waals surface area (Å²) in [5.74, 6) is 1.13. The second-order valence-corrected chi connectivity index (χ2v) is 8.51. The molecule has 2 rings (SSSR count). The maximum Gasteiger partial charge on any atom is 0.410 e. The Morgan fingerprint density at radius 1 is 1.12 bits per heavy atom. The van der Waals surface area contributed by atoms with Gasteiger partial charge in [-0.05, 0) is 70.1 Å². The number of likely N-dealkylation sites (tertiary alicyclic amines) is 1. The number of hydrogen-bond donors (Lipinski definition) is 1. The van der Waals surface area contributed by atoms with E-state index in [0.29, 0.717) is 17.9 Å². The second kappa shape index (κ2) is 8.11. The summed E-state index contributed by atoms with van der Waals surface area (Å²) in [5.41, 5.74) is 2.11. The van der Waals surface area contributed by atoms with Crippen molar-refractivity contribution in [2.24, 2.45) is 5.92 Å². The van der Waals surface area contributed by atoms with E-state index < -0.39 is 5.60 Å². The average molecular weight is 347 g/mol. The largest absolute Gasteiger partial charge is 0.444 e. The fourth-order valence-corrected chi connectivity index (χ4v) is 3.25. The van der Waals surface area contributed by atoms with E-state index in [2.05, 4.69) is 50.4 Å². The van der Waals surface area contributed by atoms with Crippen molar-refractivity contribution in [3.05, 3.63) is 29.8 Å². The predicted octanol–water partition coefficient (Wildman–Crippen LogP) is 5.26. The van der Waals surface area contributed by atoms with Crippen LogP contribution in [0.2, 0.25) is 0 Å². The number of ether oxygens (including phenoxy) is 1. The van der Waals surface area contributed by atoms with Crippen LogP contribution in [0.5, 0.6) is 0 Å². The van der Waals surface area contributed by atoms with Gasteiger partial charge in [0.15, 0.2) is 0 Å². The van der Waals surface area contributed by atoms with Crippen LogP contribution >= 0.6 is 0 Å². The monoisotopic (exact) mass is 346 g/mol. The number of carbonyl (C=O) groups excluding carboxylic acids is 1. The first-order valence-corrected chi connectivity index (χ1v) is 9.50. The minimum atomic E-state index is -0.426. The molecule has 1 N–H and O–H groups in total. The number of nitrogens with one attached hydrogen (secondary N) is 1. The number of piperidine rings is 1. The van der Waals surface area contributed by atoms with E-state index in [4.69, 9.17) is 4.74 Å². The van der Waals surface area contributed by atoms with Gasteiger partial charge in [0, 0.05) is 24.8 Å². The minimum Gasteiger partial charge on any atom is -0.444 e. The summed E-state index contributed by atoms with van der Waals surface area (Å²) >= 11 is 0. The van der Waals surface area contributed by atoms with Crippen LogP contribution in [0.15, 0.2) is 24.3 Å². The number of benzene rings is 1. The molecule has 1 aromatic carbocycles. The molecule has 0 radical (unpaired) electrons. The highest BCUT2D eigenvalue weighted by Gasteiger charge is 2.29. The van der Waals surface area contributed by atoms with E-state index in [9.17, 15) is 4.79 Å². The van der Waals surface area contributed by atoms with Gasteiger partial charge in [0.2, 0.25) is 0 Å². The van der Waals surface area contributed by atoms with Gasteiger partial charge in [-0.2, -0.15) is 0 Å². The van der Waals surface area contributed by atoms with Gasteiger partial charge in [-0.3, -0.25) is 0 Å². The third-order valence-electron chi connectivity index (χ3n) is 4.87. The molecule has 1 atom stereocenters. The van der Waals surface area contributed by atoms with Crippen LogP contribution in [0.1, 0.15) is 65.9 Å². The lowest BCUT2D eigenvalue weighted by Crippen LogP contribution is -2.44. The zero-order valence-corrected chi connectivity index (χ0v) is 16.6. The van der Waals surface area contributed by atoms with Crippen molar-refractivity contribution in [2.75, 3.05) is 18.4 Å². The molecule has 1 saturated heterocycles. The van der Waals surface area contributed by atoms with Crippen LogP contribution in [0, 0.1) is 5.92 Å². The second-order valence-electron chi connectivity index (χ2n) is 8.51. The lowest BCUT2D eigenvalue weighted by molar-refractivity contribution is 0.0179. The Hall–Kier alpha value is -1.71. The summed E-state index contributed by atoms with van der Waals surface area (Å²) in [4.78, 5) is 14.0. The average Bonchev–Trinajstić information content (AvgIpc) is 2.54. The normalized spacial score (nSPS) is 17.5. The van der Waals surface area contributed by atoms with Gasteiger partial charge in [0.25, 0.3) is 0 Å². The molecule has 25 heavy (non-hydrogen) atoms. The smallest absolute Gasteiger partial charge is 0.410 e. The zero-order chi connectivity index (χ0) is 18.6. The molecule has 4 nitrogen and oxygen atoms in total. The quantitative estimate of drug-likeness (QED) is 0.809. The zero-order valence-electron chi connectivity index (χ0n) is 16.6. The van der Waals surface area contributed by atoms with E-state index >= 15 is 0 Å². The number of hydrogen-bond acceptors (Lipinski definition) is 3. The van der Waals surface area contributed by atoms with Gasteiger partial charge < -0.3 is 15.0 Å². The van der Waals surface area contributed by atoms with Crippen molar-refractivity contribution in [3.63, 3.8) is 0 Å². The predicted molar refractivity (Wildman–Crippen MR) is 104 cm³/mol. The molecule has 1 aliphatic rings. The van der Waals surface area contributed by atoms with E-state index in [1.807, 2.05) is 25.7 Å². The van der Waals surface area contributed by atoms with Crippen LogP contribution in [0.25, 0.3) is 0 Å². The molecule has 140 valence electrons. The summed E-state index contributed by atoms with van der Waals surface area (Å²) in [7, 11) is 0. The first kappa shape index (κ1) is 19.6. The third-order valence-corrected chi connectivity index (χ3v) is 4.87. The maximum absolute atomic E-state index is 12.2. The highest BCUT2D eigenvalue weighted by molar-refractivity contribution is 5.68. The SMILES string of the molecule is CC(C)c1ccc(NC(C)C2CCN(C(=O)OC(C)(C)C)CC2)cc1. The molecule has 1 aromatic rings. The van der Waals surface area contributed by atoms with Crippen molar-refractivity contribution < 1.29 is 9.53 Å². The van der Waals surface area contributed by atoms with Crippen LogP contribution in [0.4, 0.5) is 10.5 Å². The Bertz CT molecular complexity index is 552. The molecular formula is C21H34N2O2. The van der Waals surface area contributed by atoms with Crippen molar-refractivity contribution in [1.82, 2.24) is 4.90 Å². The third kappa shape index (κ3) is 5.94. The number of amides is 1. The Balaban J connectivity index is 1.82. The lowest BCUT2D eigenvalue weighted by Gasteiger charge is -2.36. The number of carbonyl (C=O) groups is 1. The van der Waals surface area contributed by atoms with Crippen molar-refractivity contribution in [1.29, 1.82) is 0 Å². The highest BCUT2D eigenvalue weighted by Crippen LogP contribution is 2.25. The molecule has 0 aliphatic carbocycles. The molecule has 1 heterocycles. The summed E-state index contributed by atoms with van der Waals surface area (Å²) in [6, 6.07) is 9.13. The standard InChI is InChI=1S/C21H34N2O2/c1-15(2)17-7-9-19(10-8-17)22-16(3)18-11-13-23(14-12-18)20(24)25-21(4,5)6/h7-10,15-16,18,22H,11-14H2,1-6H3. The Kier molecular flexibility index (Phi) is 6.36. The molecule has 1 aliphatic heterocycles. The van der Waals surface area contributed by atoms with E-state index in [0.717, 1.165) is 25.9 Å². The van der Waals surface area contributed by atoms with Crippen molar-refractivity contribution in [2.45, 2.75) is 71.9 Å². The molecule has 1 amide bonds. The molecule has 0 spiro atoms. The van der Waals surface area contributed by atoms with Crippen molar-refractivity contribution in [3.8, 4) is 0 Å². The summed E-state index contributed by atoms with van der Waals surface area (Å²) in [6.45, 7) is 13.9. The van der Waals surface area contributed by atoms with Crippen molar-refractivity contribution >= 4 is 11.8 Å². The van der Waals surface area contributed by atoms with E-state index in [1.54, 1.807) is 0 Å². The highest BCUT2D eigenvalue weighted by atomic mass is 16.6. The van der Waals surface area contributed by atoms with Crippen LogP contribution in [-0.2, 0) is 4.74 Å². The fraction of sp³-hybridized carbons (Fsp3) is 0.667. The Morgan fingerprint density at radius 2 is 1.68 bits per heavy atom. The minimum absolute atomic E-state index is 0.184. The number of nitrogens with zero attached hydrogens (tertiary/aromatic N) is 1. The van der Waals surface area contributed by atoms with Gasteiger partial charge in [-0.15, -0.1) is 0 Å². The van der Waals surface area contributed by atoms with Crippen LogP contribution in [-0.4, -0.2) is 35.7 Å². The Labute approximate surface area is 152 Å². The molecule has 1 fully saturated rings. The first-order chi connectivity index (χ1) is 11.7. The lowest BCUT2D eigenvalue weighted by atomic mass is 9.90. The summed E-state index contributed by atoms with van der Waals surface area (Å²) in [5, 5.41) is 3.63. The van der Waals surface area contributed by atoms with Gasteiger partial charge in [0.1, 0.15) is 5.60 Å². The van der Waals surface area contributed by atoms with Crippen LogP contribution < -0.4 is 5.32 Å². The summed E-state index contributed by atoms with van der Waals surface area (Å²) < 4.78 is 5.47. The molecule has 0 bridgehead atoms. The summed E-state index contributed by atoms with van der Waals surface area (Å²) in [6.07, 6.45) is 1.84. The fourth-order valence-electron chi connectivity index (χ4n) is 3.25. The topological polar surface area (TPSA) is 41.6 Å². The van der Waals surface area contributed by atoms with E-state index in [1.165, 1.54) is 11.3 Å². The van der Waals surface area contributed by atoms with Gasteiger partial charge in [-0.1, -0.05) is 26.0 Å². The van der Waals surface area contributed by atoms with Gasteiger partial charge in [-0.25, -0.2) is 4.79 Å². The molecule has 1 unspecified atom stereocenters. The molecule has 4 heteroatoms. The first-order valence-electron chi connectivity index (χ1n) is 9.50. The maximum atomic E-state index is 12.2. The molecule has 0 aromatic heterocycles. The Morgan fingerprint density at radius 3 is 2.16 bits per heavy atom. The van der Waals surface area contributed by atoms with Gasteiger partial charge in [0.05, 0.1) is 0 Å².